The van der Waals surface area contributed by atoms with Crippen LogP contribution in [0.1, 0.15) is 67.2 Å². The Morgan fingerprint density at radius 1 is 1.17 bits per heavy atom. The van der Waals surface area contributed by atoms with Crippen molar-refractivity contribution in [3.8, 4) is 0 Å². The summed E-state index contributed by atoms with van der Waals surface area (Å²) in [6.45, 7) is 10.8. The van der Waals surface area contributed by atoms with Crippen molar-refractivity contribution in [1.29, 1.82) is 0 Å². The summed E-state index contributed by atoms with van der Waals surface area (Å²) >= 11 is 0. The Balaban J connectivity index is 1.78. The van der Waals surface area contributed by atoms with Crippen LogP contribution in [0, 0.1) is 17.8 Å². The molecule has 11 nitrogen and oxygen atoms in total. The normalized spacial score (nSPS) is 47.5. The van der Waals surface area contributed by atoms with Gasteiger partial charge in [0.1, 0.15) is 18.3 Å². The van der Waals surface area contributed by atoms with Gasteiger partial charge in [-0.3, -0.25) is 4.79 Å². The third-order valence-corrected chi connectivity index (χ3v) is 9.75. The lowest BCUT2D eigenvalue weighted by Gasteiger charge is -2.44. The zero-order chi connectivity index (χ0) is 30.5. The number of hydrogen-bond acceptors (Lipinski definition) is 10. The molecule has 5 N–H and O–H groups in total. The van der Waals surface area contributed by atoms with Gasteiger partial charge in [0.15, 0.2) is 11.7 Å². The highest BCUT2D eigenvalue weighted by atomic mass is 16.7. The van der Waals surface area contributed by atoms with Crippen LogP contribution in [0.5, 0.6) is 0 Å². The predicted molar refractivity (Wildman–Crippen MR) is 147 cm³/mol. The summed E-state index contributed by atoms with van der Waals surface area (Å²) in [5, 5.41) is 47.8. The molecule has 0 aromatic carbocycles. The van der Waals surface area contributed by atoms with Gasteiger partial charge in [0.05, 0.1) is 17.8 Å². The van der Waals surface area contributed by atoms with Gasteiger partial charge in [-0.15, -0.1) is 0 Å². The lowest BCUT2D eigenvalue weighted by Crippen LogP contribution is -2.65. The fourth-order valence-corrected chi connectivity index (χ4v) is 7.48. The number of β-amino-alcohol motifs (C(OH)–C–C–N with tert-alkyl or cyclic N) is 1. The molecule has 4 rings (SSSR count). The van der Waals surface area contributed by atoms with Crippen molar-refractivity contribution in [2.24, 2.45) is 17.8 Å². The number of ether oxygens (including phenoxy) is 4. The SMILES string of the molecule is CC[C@H](C)C[C@@]1(O)C(=O)NC[C@H](O)[C@@H](OC)C(=O)OC[C@@H](O)C/C=C(\C)[C@H]2C(C)=C[C@]3(C)O[C@@H]4C[C@@]1(O)O[C@]4(C)[C@H]23. The maximum absolute atomic E-state index is 13.7. The van der Waals surface area contributed by atoms with Gasteiger partial charge < -0.3 is 44.7 Å². The summed E-state index contributed by atoms with van der Waals surface area (Å²) in [5.41, 5.74) is -2.18. The third kappa shape index (κ3) is 5.39. The quantitative estimate of drug-likeness (QED) is 0.240. The van der Waals surface area contributed by atoms with Crippen LogP contribution in [-0.4, -0.2) is 99.6 Å². The van der Waals surface area contributed by atoms with Crippen molar-refractivity contribution in [2.45, 2.75) is 114 Å². The fourth-order valence-electron chi connectivity index (χ4n) is 7.48. The summed E-state index contributed by atoms with van der Waals surface area (Å²) in [4.78, 5) is 26.3. The molecule has 41 heavy (non-hydrogen) atoms. The lowest BCUT2D eigenvalue weighted by atomic mass is 9.71. The van der Waals surface area contributed by atoms with Gasteiger partial charge in [-0.2, -0.15) is 0 Å². The molecule has 0 saturated carbocycles. The Morgan fingerprint density at radius 2 is 1.85 bits per heavy atom. The molecule has 4 aliphatic rings. The summed E-state index contributed by atoms with van der Waals surface area (Å²) in [6, 6.07) is 0. The van der Waals surface area contributed by atoms with E-state index in [1.807, 2.05) is 47.6 Å². The minimum atomic E-state index is -2.39. The molecule has 232 valence electrons. The van der Waals surface area contributed by atoms with Crippen LogP contribution in [0.15, 0.2) is 23.3 Å². The number of aliphatic hydroxyl groups is 4. The van der Waals surface area contributed by atoms with Crippen LogP contribution in [0.4, 0.5) is 0 Å². The first-order valence-corrected chi connectivity index (χ1v) is 14.6. The second-order valence-corrected chi connectivity index (χ2v) is 12.9. The van der Waals surface area contributed by atoms with E-state index in [0.717, 1.165) is 11.1 Å². The molecule has 0 radical (unpaired) electrons. The molecular formula is C30H47NO10. The smallest absolute Gasteiger partial charge is 0.338 e. The van der Waals surface area contributed by atoms with Gasteiger partial charge in [0, 0.05) is 31.9 Å². The summed E-state index contributed by atoms with van der Waals surface area (Å²) in [5.74, 6) is -4.76. The van der Waals surface area contributed by atoms with Crippen LogP contribution >= 0.6 is 0 Å². The number of methoxy groups -OCH3 is 1. The van der Waals surface area contributed by atoms with E-state index in [1.165, 1.54) is 7.11 Å². The second-order valence-electron chi connectivity index (χ2n) is 12.9. The first-order chi connectivity index (χ1) is 19.0. The number of carbonyl (C=O) groups excluding carboxylic acids is 2. The van der Waals surface area contributed by atoms with Crippen molar-refractivity contribution in [2.75, 3.05) is 20.3 Å². The number of allylic oxidation sites excluding steroid dienone is 2. The van der Waals surface area contributed by atoms with E-state index < -0.39 is 65.4 Å². The number of esters is 1. The highest BCUT2D eigenvalue weighted by Gasteiger charge is 2.74. The van der Waals surface area contributed by atoms with Crippen molar-refractivity contribution >= 4 is 11.9 Å². The molecule has 2 saturated heterocycles. The van der Waals surface area contributed by atoms with Crippen molar-refractivity contribution < 1.29 is 49.0 Å². The largest absolute Gasteiger partial charge is 0.461 e. The van der Waals surface area contributed by atoms with Gasteiger partial charge >= 0.3 is 5.97 Å². The van der Waals surface area contributed by atoms with Crippen LogP contribution in [0.25, 0.3) is 0 Å². The summed E-state index contributed by atoms with van der Waals surface area (Å²) in [6.07, 6.45) is -0.0645. The van der Waals surface area contributed by atoms with E-state index in [0.29, 0.717) is 6.42 Å². The second kappa shape index (κ2) is 11.3. The van der Waals surface area contributed by atoms with E-state index >= 15 is 0 Å². The average Bonchev–Trinajstić information content (AvgIpc) is 3.40. The number of hydrogen-bond donors (Lipinski definition) is 5. The molecule has 1 aliphatic carbocycles. The summed E-state index contributed by atoms with van der Waals surface area (Å²) in [7, 11) is 1.21. The number of amides is 1. The molecular weight excluding hydrogens is 534 g/mol. The monoisotopic (exact) mass is 581 g/mol. The Bertz CT molecular complexity index is 1090. The number of aliphatic hydroxyl groups excluding tert-OH is 2. The molecule has 11 atom stereocenters. The van der Waals surface area contributed by atoms with E-state index in [-0.39, 0.29) is 43.6 Å². The maximum atomic E-state index is 13.7. The molecule has 11 heteroatoms. The summed E-state index contributed by atoms with van der Waals surface area (Å²) < 4.78 is 23.4. The first-order valence-electron chi connectivity index (χ1n) is 14.6. The van der Waals surface area contributed by atoms with Gasteiger partial charge in [0.25, 0.3) is 5.91 Å². The predicted octanol–water partition coefficient (Wildman–Crippen LogP) is 1.12. The Morgan fingerprint density at radius 3 is 2.49 bits per heavy atom. The van der Waals surface area contributed by atoms with Crippen molar-refractivity contribution in [1.82, 2.24) is 5.32 Å². The van der Waals surface area contributed by atoms with E-state index in [9.17, 15) is 30.0 Å². The minimum Gasteiger partial charge on any atom is -0.461 e. The van der Waals surface area contributed by atoms with E-state index in [4.69, 9.17) is 18.9 Å². The van der Waals surface area contributed by atoms with Crippen LogP contribution in [-0.2, 0) is 28.5 Å². The number of cyclic esters (lactones) is 1. The molecule has 0 spiro atoms. The van der Waals surface area contributed by atoms with Gasteiger partial charge in [-0.1, -0.05) is 43.6 Å². The molecule has 0 unspecified atom stereocenters. The fraction of sp³-hybridized carbons (Fsp3) is 0.800. The molecule has 3 aliphatic heterocycles. The highest BCUT2D eigenvalue weighted by Crippen LogP contribution is 2.63. The minimum absolute atomic E-state index is 0.111. The topological polar surface area (TPSA) is 164 Å². The standard InChI is InChI=1S/C30H47NO10/c1-8-16(2)11-29(36)26(35)31-14-20(33)23(38-7)25(34)39-15-19(32)10-9-17(3)22-18(4)12-27(5)24(22)28(6)21(40-27)13-30(29,37)41-28/h9,12,16,19-24,32-33,36-37H,8,10-11,13-15H2,1-7H3,(H,31,35)/b17-9+/t16-,19-,20-,21+,22-,23+,24+,27-,28-,29+,30+/m0/s1. The van der Waals surface area contributed by atoms with Gasteiger partial charge in [-0.05, 0) is 46.5 Å². The Hall–Kier alpha value is -1.86. The molecule has 2 fully saturated rings. The Kier molecular flexibility index (Phi) is 8.86. The van der Waals surface area contributed by atoms with Gasteiger partial charge in [0.2, 0.25) is 5.79 Å². The number of rotatable bonds is 4. The van der Waals surface area contributed by atoms with Crippen LogP contribution in [0.2, 0.25) is 0 Å². The van der Waals surface area contributed by atoms with Crippen LogP contribution in [0.3, 0.4) is 0 Å². The first kappa shape index (κ1) is 32.1. The third-order valence-electron chi connectivity index (χ3n) is 9.75. The Labute approximate surface area is 241 Å². The molecule has 0 aromatic heterocycles. The van der Waals surface area contributed by atoms with Crippen molar-refractivity contribution in [3.05, 3.63) is 23.3 Å². The lowest BCUT2D eigenvalue weighted by molar-refractivity contribution is -0.307. The van der Waals surface area contributed by atoms with E-state index in [2.05, 4.69) is 11.4 Å². The van der Waals surface area contributed by atoms with E-state index in [1.54, 1.807) is 0 Å². The highest BCUT2D eigenvalue weighted by molar-refractivity contribution is 5.86. The molecule has 3 heterocycles. The van der Waals surface area contributed by atoms with Crippen LogP contribution < -0.4 is 5.32 Å². The van der Waals surface area contributed by atoms with Gasteiger partial charge in [-0.25, -0.2) is 4.79 Å². The number of fused-ring (bicyclic) bond motifs is 1. The molecule has 0 aromatic rings. The molecule has 2 bridgehead atoms. The average molecular weight is 582 g/mol. The zero-order valence-electron chi connectivity index (χ0n) is 25.2. The number of carbonyl (C=O) groups is 2. The molecule has 1 amide bonds. The maximum Gasteiger partial charge on any atom is 0.338 e. The number of nitrogens with one attached hydrogen (secondary N) is 1. The zero-order valence-corrected chi connectivity index (χ0v) is 25.2. The van der Waals surface area contributed by atoms with Crippen molar-refractivity contribution in [3.63, 3.8) is 0 Å².